The van der Waals surface area contributed by atoms with E-state index in [2.05, 4.69) is 4.98 Å². The van der Waals surface area contributed by atoms with Crippen LogP contribution in [0.4, 0.5) is 19.0 Å². The van der Waals surface area contributed by atoms with E-state index in [0.29, 0.717) is 0 Å². The predicted octanol–water partition coefficient (Wildman–Crippen LogP) is 4.31. The highest BCUT2D eigenvalue weighted by atomic mass is 19.4. The zero-order valence-electron chi connectivity index (χ0n) is 12.6. The van der Waals surface area contributed by atoms with Crippen molar-refractivity contribution in [2.45, 2.75) is 19.1 Å². The second-order valence-electron chi connectivity index (χ2n) is 4.94. The van der Waals surface area contributed by atoms with E-state index in [9.17, 15) is 13.2 Å². The zero-order chi connectivity index (χ0) is 16.3. The van der Waals surface area contributed by atoms with E-state index in [1.54, 1.807) is 25.1 Å². The largest absolute Gasteiger partial charge is 0.497 e. The highest BCUT2D eigenvalue weighted by molar-refractivity contribution is 5.43. The molecule has 0 aliphatic heterocycles. The maximum absolute atomic E-state index is 12.7. The third kappa shape index (κ3) is 3.50. The Morgan fingerprint density at radius 3 is 2.27 bits per heavy atom. The molecule has 0 saturated heterocycles. The van der Waals surface area contributed by atoms with Gasteiger partial charge in [0.05, 0.1) is 13.2 Å². The quantitative estimate of drug-likeness (QED) is 0.841. The standard InChI is InChI=1S/C16H17F3N2O/c1-11(12-7-9-13(22-3)10-8-12)21(2)15-6-4-5-14(20-15)16(17,18)19/h4-11H,1-3H3. The summed E-state index contributed by atoms with van der Waals surface area (Å²) in [6, 6.07) is 11.2. The summed E-state index contributed by atoms with van der Waals surface area (Å²) in [5, 5.41) is 0. The summed E-state index contributed by atoms with van der Waals surface area (Å²) >= 11 is 0. The number of halogens is 3. The lowest BCUT2D eigenvalue weighted by Gasteiger charge is -2.27. The molecule has 1 heterocycles. The van der Waals surface area contributed by atoms with Crippen LogP contribution < -0.4 is 9.64 Å². The normalized spacial score (nSPS) is 12.8. The predicted molar refractivity (Wildman–Crippen MR) is 79.1 cm³/mol. The molecule has 1 aromatic heterocycles. The van der Waals surface area contributed by atoms with Crippen molar-refractivity contribution in [3.8, 4) is 5.75 Å². The Morgan fingerprint density at radius 1 is 1.09 bits per heavy atom. The van der Waals surface area contributed by atoms with Crippen LogP contribution in [0.3, 0.4) is 0 Å². The van der Waals surface area contributed by atoms with Gasteiger partial charge < -0.3 is 9.64 Å². The summed E-state index contributed by atoms with van der Waals surface area (Å²) in [5.41, 5.74) is 0.0706. The van der Waals surface area contributed by atoms with Crippen LogP contribution in [0.2, 0.25) is 0 Å². The molecule has 2 rings (SSSR count). The van der Waals surface area contributed by atoms with Crippen molar-refractivity contribution in [2.75, 3.05) is 19.1 Å². The van der Waals surface area contributed by atoms with Crippen LogP contribution in [0.15, 0.2) is 42.5 Å². The number of pyridine rings is 1. The number of benzene rings is 1. The number of methoxy groups -OCH3 is 1. The molecule has 0 saturated carbocycles. The summed E-state index contributed by atoms with van der Waals surface area (Å²) in [6.45, 7) is 1.91. The minimum atomic E-state index is -4.44. The summed E-state index contributed by atoms with van der Waals surface area (Å²) in [6.07, 6.45) is -4.44. The summed E-state index contributed by atoms with van der Waals surface area (Å²) in [4.78, 5) is 5.41. The fourth-order valence-electron chi connectivity index (χ4n) is 2.08. The smallest absolute Gasteiger partial charge is 0.433 e. The highest BCUT2D eigenvalue weighted by Gasteiger charge is 2.32. The van der Waals surface area contributed by atoms with Gasteiger partial charge in [-0.2, -0.15) is 13.2 Å². The number of hydrogen-bond donors (Lipinski definition) is 0. The molecular weight excluding hydrogens is 293 g/mol. The van der Waals surface area contributed by atoms with E-state index in [-0.39, 0.29) is 11.9 Å². The molecule has 0 aliphatic rings. The topological polar surface area (TPSA) is 25.4 Å². The molecule has 6 heteroatoms. The summed E-state index contributed by atoms with van der Waals surface area (Å²) in [7, 11) is 3.30. The third-order valence-corrected chi connectivity index (χ3v) is 3.57. The molecule has 1 aromatic carbocycles. The van der Waals surface area contributed by atoms with E-state index in [1.807, 2.05) is 31.2 Å². The van der Waals surface area contributed by atoms with Gasteiger partial charge in [0.1, 0.15) is 17.3 Å². The molecule has 0 amide bonds. The van der Waals surface area contributed by atoms with Crippen molar-refractivity contribution in [1.29, 1.82) is 0 Å². The van der Waals surface area contributed by atoms with Gasteiger partial charge in [-0.15, -0.1) is 0 Å². The van der Waals surface area contributed by atoms with Crippen molar-refractivity contribution >= 4 is 5.82 Å². The summed E-state index contributed by atoms with van der Waals surface area (Å²) < 4.78 is 43.3. The van der Waals surface area contributed by atoms with E-state index in [0.717, 1.165) is 17.4 Å². The van der Waals surface area contributed by atoms with E-state index in [1.165, 1.54) is 6.07 Å². The molecule has 1 unspecified atom stereocenters. The second kappa shape index (κ2) is 6.25. The van der Waals surface area contributed by atoms with Gasteiger partial charge in [-0.1, -0.05) is 18.2 Å². The molecule has 3 nitrogen and oxygen atoms in total. The van der Waals surface area contributed by atoms with E-state index >= 15 is 0 Å². The van der Waals surface area contributed by atoms with Gasteiger partial charge in [-0.3, -0.25) is 0 Å². The number of rotatable bonds is 4. The Hall–Kier alpha value is -2.24. The van der Waals surface area contributed by atoms with Crippen molar-refractivity contribution in [3.05, 3.63) is 53.7 Å². The number of aromatic nitrogens is 1. The Kier molecular flexibility index (Phi) is 4.59. The molecule has 118 valence electrons. The maximum Gasteiger partial charge on any atom is 0.433 e. The van der Waals surface area contributed by atoms with Crippen LogP contribution in [-0.4, -0.2) is 19.1 Å². The zero-order valence-corrected chi connectivity index (χ0v) is 12.6. The van der Waals surface area contributed by atoms with Crippen LogP contribution in [-0.2, 0) is 6.18 Å². The number of alkyl halides is 3. The average molecular weight is 310 g/mol. The Morgan fingerprint density at radius 2 is 1.73 bits per heavy atom. The van der Waals surface area contributed by atoms with Crippen LogP contribution >= 0.6 is 0 Å². The van der Waals surface area contributed by atoms with Crippen LogP contribution in [0.5, 0.6) is 5.75 Å². The first-order valence-corrected chi connectivity index (χ1v) is 6.74. The number of anilines is 1. The van der Waals surface area contributed by atoms with Crippen LogP contribution in [0.1, 0.15) is 24.2 Å². The van der Waals surface area contributed by atoms with Gasteiger partial charge in [0.15, 0.2) is 0 Å². The molecule has 0 spiro atoms. The molecule has 0 bridgehead atoms. The van der Waals surface area contributed by atoms with Crippen molar-refractivity contribution in [1.82, 2.24) is 4.98 Å². The van der Waals surface area contributed by atoms with E-state index in [4.69, 9.17) is 4.74 Å². The van der Waals surface area contributed by atoms with Crippen molar-refractivity contribution in [2.24, 2.45) is 0 Å². The Bertz CT molecular complexity index is 626. The van der Waals surface area contributed by atoms with Crippen molar-refractivity contribution < 1.29 is 17.9 Å². The molecule has 0 fully saturated rings. The molecule has 2 aromatic rings. The fraction of sp³-hybridized carbons (Fsp3) is 0.312. The van der Waals surface area contributed by atoms with Crippen LogP contribution in [0, 0.1) is 0 Å². The molecular formula is C16H17F3N2O. The van der Waals surface area contributed by atoms with Gasteiger partial charge in [0.25, 0.3) is 0 Å². The first-order valence-electron chi connectivity index (χ1n) is 6.74. The highest BCUT2D eigenvalue weighted by Crippen LogP contribution is 2.31. The summed E-state index contributed by atoms with van der Waals surface area (Å²) in [5.74, 6) is 1.01. The SMILES string of the molecule is COc1ccc(C(C)N(C)c2cccc(C(F)(F)F)n2)cc1. The molecule has 0 aliphatic carbocycles. The van der Waals surface area contributed by atoms with Gasteiger partial charge >= 0.3 is 6.18 Å². The monoisotopic (exact) mass is 310 g/mol. The maximum atomic E-state index is 12.7. The van der Waals surface area contributed by atoms with Gasteiger partial charge in [-0.25, -0.2) is 4.98 Å². The van der Waals surface area contributed by atoms with Gasteiger partial charge in [0, 0.05) is 7.05 Å². The lowest BCUT2D eigenvalue weighted by atomic mass is 10.1. The second-order valence-corrected chi connectivity index (χ2v) is 4.94. The molecule has 0 radical (unpaired) electrons. The van der Waals surface area contributed by atoms with Crippen molar-refractivity contribution in [3.63, 3.8) is 0 Å². The molecule has 1 atom stereocenters. The minimum absolute atomic E-state index is 0.123. The van der Waals surface area contributed by atoms with Gasteiger partial charge in [-0.05, 0) is 36.8 Å². The first kappa shape index (κ1) is 16.1. The number of hydrogen-bond acceptors (Lipinski definition) is 3. The lowest BCUT2D eigenvalue weighted by Crippen LogP contribution is -2.23. The Balaban J connectivity index is 2.24. The number of ether oxygens (including phenoxy) is 1. The lowest BCUT2D eigenvalue weighted by molar-refractivity contribution is -0.141. The number of nitrogens with zero attached hydrogens (tertiary/aromatic N) is 2. The van der Waals surface area contributed by atoms with E-state index < -0.39 is 11.9 Å². The fourth-order valence-corrected chi connectivity index (χ4v) is 2.08. The minimum Gasteiger partial charge on any atom is -0.497 e. The van der Waals surface area contributed by atoms with Crippen LogP contribution in [0.25, 0.3) is 0 Å². The van der Waals surface area contributed by atoms with Gasteiger partial charge in [0.2, 0.25) is 0 Å². The third-order valence-electron chi connectivity index (χ3n) is 3.57. The molecule has 22 heavy (non-hydrogen) atoms. The molecule has 0 N–H and O–H groups in total. The first-order chi connectivity index (χ1) is 10.3. The Labute approximate surface area is 127 Å². The average Bonchev–Trinajstić information content (AvgIpc) is 2.53.